The Balaban J connectivity index is 2.28. The summed E-state index contributed by atoms with van der Waals surface area (Å²) >= 11 is 1.27. The molecule has 2 rings (SSSR count). The van der Waals surface area contributed by atoms with Crippen LogP contribution in [0.2, 0.25) is 0 Å². The van der Waals surface area contributed by atoms with E-state index < -0.39 is 0 Å². The Kier molecular flexibility index (Phi) is 2.03. The average Bonchev–Trinajstić information content (AvgIpc) is 2.72. The van der Waals surface area contributed by atoms with E-state index in [0.29, 0.717) is 5.69 Å². The standard InChI is InChI=1S/C6H8N6S/c1-12-8-2-4(10-12)6(7)5-3-13-11-9-5/h2-3,6H,7H2,1H3. The first-order valence-electron chi connectivity index (χ1n) is 3.66. The van der Waals surface area contributed by atoms with Gasteiger partial charge in [-0.3, -0.25) is 0 Å². The molecule has 6 nitrogen and oxygen atoms in total. The van der Waals surface area contributed by atoms with E-state index in [1.807, 2.05) is 0 Å². The van der Waals surface area contributed by atoms with Crippen molar-refractivity contribution in [2.45, 2.75) is 6.04 Å². The number of aromatic nitrogens is 5. The molecule has 0 aliphatic carbocycles. The molecule has 7 heteroatoms. The van der Waals surface area contributed by atoms with Gasteiger partial charge in [0.05, 0.1) is 17.9 Å². The Morgan fingerprint density at radius 1 is 1.54 bits per heavy atom. The maximum atomic E-state index is 5.86. The summed E-state index contributed by atoms with van der Waals surface area (Å²) in [4.78, 5) is 1.47. The van der Waals surface area contributed by atoms with Crippen LogP contribution in [0.3, 0.4) is 0 Å². The molecule has 0 fully saturated rings. The van der Waals surface area contributed by atoms with Crippen LogP contribution in [0.1, 0.15) is 17.4 Å². The van der Waals surface area contributed by atoms with Gasteiger partial charge in [0.15, 0.2) is 0 Å². The van der Waals surface area contributed by atoms with E-state index in [4.69, 9.17) is 5.73 Å². The molecule has 0 aliphatic rings. The van der Waals surface area contributed by atoms with Crippen LogP contribution in [0.25, 0.3) is 0 Å². The number of nitrogens with zero attached hydrogens (tertiary/aromatic N) is 5. The largest absolute Gasteiger partial charge is 0.317 e. The molecule has 0 saturated carbocycles. The third kappa shape index (κ3) is 1.56. The van der Waals surface area contributed by atoms with Gasteiger partial charge in [-0.25, -0.2) is 0 Å². The Morgan fingerprint density at radius 3 is 2.92 bits per heavy atom. The van der Waals surface area contributed by atoms with Gasteiger partial charge in [0.2, 0.25) is 0 Å². The molecule has 1 unspecified atom stereocenters. The predicted molar refractivity (Wildman–Crippen MR) is 46.9 cm³/mol. The third-order valence-corrected chi connectivity index (χ3v) is 2.15. The molecule has 0 spiro atoms. The lowest BCUT2D eigenvalue weighted by Gasteiger charge is -2.01. The Labute approximate surface area is 78.5 Å². The molecule has 2 N–H and O–H groups in total. The monoisotopic (exact) mass is 196 g/mol. The van der Waals surface area contributed by atoms with Crippen molar-refractivity contribution in [3.8, 4) is 0 Å². The number of rotatable bonds is 2. The smallest absolute Gasteiger partial charge is 0.106 e. The number of nitrogens with two attached hydrogens (primary N) is 1. The zero-order valence-electron chi connectivity index (χ0n) is 6.95. The van der Waals surface area contributed by atoms with Crippen molar-refractivity contribution in [2.24, 2.45) is 12.8 Å². The number of aryl methyl sites for hydroxylation is 1. The Hall–Kier alpha value is -1.34. The lowest BCUT2D eigenvalue weighted by atomic mass is 10.2. The normalized spacial score (nSPS) is 13.1. The average molecular weight is 196 g/mol. The fourth-order valence-corrected chi connectivity index (χ4v) is 1.45. The van der Waals surface area contributed by atoms with Gasteiger partial charge in [0, 0.05) is 12.4 Å². The molecule has 0 radical (unpaired) electrons. The molecule has 0 aliphatic heterocycles. The van der Waals surface area contributed by atoms with Gasteiger partial charge in [0.25, 0.3) is 0 Å². The van der Waals surface area contributed by atoms with Crippen LogP contribution in [-0.2, 0) is 7.05 Å². The van der Waals surface area contributed by atoms with E-state index in [0.717, 1.165) is 5.69 Å². The summed E-state index contributed by atoms with van der Waals surface area (Å²) in [6.45, 7) is 0. The van der Waals surface area contributed by atoms with Crippen molar-refractivity contribution >= 4 is 11.5 Å². The first kappa shape index (κ1) is 8.27. The zero-order chi connectivity index (χ0) is 9.26. The summed E-state index contributed by atoms with van der Waals surface area (Å²) < 4.78 is 3.73. The fraction of sp³-hybridized carbons (Fsp3) is 0.333. The molecule has 1 atom stereocenters. The molecule has 0 saturated heterocycles. The second kappa shape index (κ2) is 3.19. The molecule has 2 heterocycles. The zero-order valence-corrected chi connectivity index (χ0v) is 7.77. The minimum absolute atomic E-state index is 0.326. The van der Waals surface area contributed by atoms with Gasteiger partial charge < -0.3 is 5.73 Å². The molecule has 0 aromatic carbocycles. The van der Waals surface area contributed by atoms with Gasteiger partial charge in [-0.2, -0.15) is 15.0 Å². The topological polar surface area (TPSA) is 82.5 Å². The molecule has 68 valence electrons. The summed E-state index contributed by atoms with van der Waals surface area (Å²) in [5, 5.41) is 13.7. The maximum Gasteiger partial charge on any atom is 0.106 e. The van der Waals surface area contributed by atoms with Crippen LogP contribution in [-0.4, -0.2) is 24.6 Å². The van der Waals surface area contributed by atoms with Crippen LogP contribution in [0.15, 0.2) is 11.6 Å². The van der Waals surface area contributed by atoms with E-state index in [9.17, 15) is 0 Å². The van der Waals surface area contributed by atoms with Crippen molar-refractivity contribution in [1.82, 2.24) is 24.6 Å². The van der Waals surface area contributed by atoms with Gasteiger partial charge in [-0.05, 0) is 11.5 Å². The number of hydrogen-bond donors (Lipinski definition) is 1. The maximum absolute atomic E-state index is 5.86. The van der Waals surface area contributed by atoms with Gasteiger partial charge in [0.1, 0.15) is 5.69 Å². The van der Waals surface area contributed by atoms with E-state index in [1.54, 1.807) is 18.6 Å². The van der Waals surface area contributed by atoms with Gasteiger partial charge in [-0.1, -0.05) is 4.49 Å². The Morgan fingerprint density at radius 2 is 2.38 bits per heavy atom. The SMILES string of the molecule is Cn1ncc(C(N)c2csnn2)n1. The quantitative estimate of drug-likeness (QED) is 0.714. The highest BCUT2D eigenvalue weighted by atomic mass is 32.1. The molecular weight excluding hydrogens is 188 g/mol. The van der Waals surface area contributed by atoms with Crippen molar-refractivity contribution in [3.05, 3.63) is 23.0 Å². The highest BCUT2D eigenvalue weighted by Gasteiger charge is 2.14. The third-order valence-electron chi connectivity index (χ3n) is 1.63. The second-order valence-electron chi connectivity index (χ2n) is 2.57. The first-order chi connectivity index (χ1) is 6.27. The molecule has 2 aromatic heterocycles. The van der Waals surface area contributed by atoms with Gasteiger partial charge >= 0.3 is 0 Å². The Bertz CT molecular complexity index is 379. The predicted octanol–water partition coefficient (Wildman–Crippen LogP) is -0.285. The van der Waals surface area contributed by atoms with Crippen LogP contribution in [0, 0.1) is 0 Å². The van der Waals surface area contributed by atoms with Crippen molar-refractivity contribution in [3.63, 3.8) is 0 Å². The summed E-state index contributed by atoms with van der Waals surface area (Å²) in [7, 11) is 1.75. The second-order valence-corrected chi connectivity index (χ2v) is 3.18. The molecule has 0 bridgehead atoms. The molecular formula is C6H8N6S. The van der Waals surface area contributed by atoms with Crippen molar-refractivity contribution < 1.29 is 0 Å². The highest BCUT2D eigenvalue weighted by Crippen LogP contribution is 2.14. The van der Waals surface area contributed by atoms with Gasteiger partial charge in [-0.15, -0.1) is 5.10 Å². The van der Waals surface area contributed by atoms with E-state index >= 15 is 0 Å². The summed E-state index contributed by atoms with van der Waals surface area (Å²) in [5.74, 6) is 0. The van der Waals surface area contributed by atoms with Crippen molar-refractivity contribution in [1.29, 1.82) is 0 Å². The number of hydrogen-bond acceptors (Lipinski definition) is 6. The molecule has 13 heavy (non-hydrogen) atoms. The summed E-state index contributed by atoms with van der Waals surface area (Å²) in [5.41, 5.74) is 7.29. The fourth-order valence-electron chi connectivity index (χ4n) is 0.963. The molecule has 2 aromatic rings. The van der Waals surface area contributed by atoms with Crippen LogP contribution in [0.5, 0.6) is 0 Å². The lowest BCUT2D eigenvalue weighted by molar-refractivity contribution is 0.635. The van der Waals surface area contributed by atoms with Crippen molar-refractivity contribution in [2.75, 3.05) is 0 Å². The first-order valence-corrected chi connectivity index (χ1v) is 4.50. The lowest BCUT2D eigenvalue weighted by Crippen LogP contribution is -2.13. The minimum atomic E-state index is -0.326. The van der Waals surface area contributed by atoms with E-state index in [2.05, 4.69) is 19.8 Å². The van der Waals surface area contributed by atoms with E-state index in [-0.39, 0.29) is 6.04 Å². The molecule has 0 amide bonds. The minimum Gasteiger partial charge on any atom is -0.317 e. The van der Waals surface area contributed by atoms with Crippen LogP contribution < -0.4 is 5.73 Å². The summed E-state index contributed by atoms with van der Waals surface area (Å²) in [6, 6.07) is -0.326. The highest BCUT2D eigenvalue weighted by molar-refractivity contribution is 7.03. The van der Waals surface area contributed by atoms with Crippen LogP contribution >= 0.6 is 11.5 Å². The summed E-state index contributed by atoms with van der Waals surface area (Å²) in [6.07, 6.45) is 1.63. The van der Waals surface area contributed by atoms with Crippen LogP contribution in [0.4, 0.5) is 0 Å². The van der Waals surface area contributed by atoms with E-state index in [1.165, 1.54) is 16.3 Å².